The predicted octanol–water partition coefficient (Wildman–Crippen LogP) is 4.95. The maximum atomic E-state index is 5.91. The molecule has 0 amide bonds. The Balaban J connectivity index is 2.41. The van der Waals surface area contributed by atoms with Crippen LogP contribution in [0.4, 0.5) is 0 Å². The molecule has 0 fully saturated rings. The Morgan fingerprint density at radius 2 is 1.76 bits per heavy atom. The maximum Gasteiger partial charge on any atom is 0.125 e. The van der Waals surface area contributed by atoms with E-state index in [1.54, 1.807) is 18.9 Å². The molecule has 0 radical (unpaired) electrons. The Labute approximate surface area is 155 Å². The zero-order chi connectivity index (χ0) is 18.5. The van der Waals surface area contributed by atoms with E-state index >= 15 is 0 Å². The van der Waals surface area contributed by atoms with Crippen LogP contribution in [0.3, 0.4) is 0 Å². The van der Waals surface area contributed by atoms with Crippen molar-refractivity contribution in [2.75, 3.05) is 31.8 Å². The van der Waals surface area contributed by atoms with E-state index in [2.05, 4.69) is 11.2 Å². The van der Waals surface area contributed by atoms with E-state index in [1.165, 1.54) is 0 Å². The molecule has 5 heteroatoms. The lowest BCUT2D eigenvalue weighted by Gasteiger charge is -2.13. The normalized spacial score (nSPS) is 12.1. The minimum absolute atomic E-state index is 0.562. The third-order valence-electron chi connectivity index (χ3n) is 3.28. The highest BCUT2D eigenvalue weighted by molar-refractivity contribution is 8.00. The monoisotopic (exact) mass is 363 g/mol. The summed E-state index contributed by atoms with van der Waals surface area (Å²) in [6.45, 7) is 9.18. The molecule has 0 N–H and O–H groups in total. The molecule has 1 aromatic carbocycles. The number of nitrogens with zero attached hydrogens (tertiary/aromatic N) is 1. The first kappa shape index (κ1) is 21.2. The van der Waals surface area contributed by atoms with Gasteiger partial charge in [0.2, 0.25) is 0 Å². The summed E-state index contributed by atoms with van der Waals surface area (Å²) >= 11 is 1.79. The molecule has 0 spiro atoms. The quantitative estimate of drug-likeness (QED) is 0.241. The standard InChI is InChI=1S/C20H29NO3S/c1-6-7-10-23-19-13-16(2)20(17(3)14-19)24-11-8-9-12-25-15-18(4)21-22-5/h6-9,13-14H,10-12,15H2,1-5H3/b7-6+,9-8+,21-18-. The van der Waals surface area contributed by atoms with Crippen molar-refractivity contribution in [2.45, 2.75) is 27.7 Å². The minimum Gasteiger partial charge on any atom is -0.490 e. The summed E-state index contributed by atoms with van der Waals surface area (Å²) in [6, 6.07) is 4.03. The molecule has 0 aromatic heterocycles. The SMILES string of the molecule is C/C=C/COc1cc(C)c(OC/C=C/CSC/C(C)=N\OC)c(C)c1. The summed E-state index contributed by atoms with van der Waals surface area (Å²) in [5.41, 5.74) is 3.16. The van der Waals surface area contributed by atoms with E-state index in [0.717, 1.165) is 39.8 Å². The highest BCUT2D eigenvalue weighted by atomic mass is 32.2. The van der Waals surface area contributed by atoms with Gasteiger partial charge < -0.3 is 14.3 Å². The minimum atomic E-state index is 0.562. The van der Waals surface area contributed by atoms with Crippen LogP contribution in [0, 0.1) is 13.8 Å². The van der Waals surface area contributed by atoms with E-state index in [1.807, 2.05) is 58.1 Å². The zero-order valence-corrected chi connectivity index (χ0v) is 16.7. The van der Waals surface area contributed by atoms with Crippen LogP contribution in [0.15, 0.2) is 41.6 Å². The molecule has 1 rings (SSSR count). The molecule has 4 nitrogen and oxygen atoms in total. The average Bonchev–Trinajstić information content (AvgIpc) is 2.56. The van der Waals surface area contributed by atoms with Crippen molar-refractivity contribution < 1.29 is 14.3 Å². The van der Waals surface area contributed by atoms with Gasteiger partial charge in [-0.15, -0.1) is 0 Å². The molecule has 0 aliphatic rings. The van der Waals surface area contributed by atoms with Crippen molar-refractivity contribution in [3.05, 3.63) is 47.6 Å². The smallest absolute Gasteiger partial charge is 0.125 e. The lowest BCUT2D eigenvalue weighted by molar-refractivity contribution is 0.213. The van der Waals surface area contributed by atoms with E-state index in [4.69, 9.17) is 14.3 Å². The van der Waals surface area contributed by atoms with Gasteiger partial charge in [-0.3, -0.25) is 0 Å². The van der Waals surface area contributed by atoms with Gasteiger partial charge >= 0.3 is 0 Å². The fourth-order valence-corrected chi connectivity index (χ4v) is 2.92. The van der Waals surface area contributed by atoms with E-state index < -0.39 is 0 Å². The van der Waals surface area contributed by atoms with Crippen LogP contribution in [0.25, 0.3) is 0 Å². The summed E-state index contributed by atoms with van der Waals surface area (Å²) in [4.78, 5) is 4.73. The average molecular weight is 364 g/mol. The third-order valence-corrected chi connectivity index (χ3v) is 4.33. The van der Waals surface area contributed by atoms with Gasteiger partial charge in [-0.1, -0.05) is 29.5 Å². The zero-order valence-electron chi connectivity index (χ0n) is 15.9. The number of aryl methyl sites for hydroxylation is 2. The van der Waals surface area contributed by atoms with E-state index in [0.29, 0.717) is 13.2 Å². The Kier molecular flexibility index (Phi) is 10.6. The van der Waals surface area contributed by atoms with E-state index in [-0.39, 0.29) is 0 Å². The summed E-state index contributed by atoms with van der Waals surface area (Å²) in [6.07, 6.45) is 8.13. The summed E-state index contributed by atoms with van der Waals surface area (Å²) < 4.78 is 11.6. The molecule has 0 bridgehead atoms. The van der Waals surface area contributed by atoms with Crippen LogP contribution in [-0.4, -0.2) is 37.5 Å². The molecule has 25 heavy (non-hydrogen) atoms. The van der Waals surface area contributed by atoms with Crippen LogP contribution in [-0.2, 0) is 4.84 Å². The molecule has 0 aliphatic heterocycles. The highest BCUT2D eigenvalue weighted by Crippen LogP contribution is 2.28. The van der Waals surface area contributed by atoms with Gasteiger partial charge in [0.25, 0.3) is 0 Å². The van der Waals surface area contributed by atoms with Crippen molar-refractivity contribution in [2.24, 2.45) is 5.16 Å². The summed E-state index contributed by atoms with van der Waals surface area (Å²) in [5.74, 6) is 3.60. The van der Waals surface area contributed by atoms with Crippen LogP contribution >= 0.6 is 11.8 Å². The number of rotatable bonds is 11. The Hall–Kier alpha value is -1.88. The first-order valence-corrected chi connectivity index (χ1v) is 9.51. The second-order valence-electron chi connectivity index (χ2n) is 5.57. The van der Waals surface area contributed by atoms with Gasteiger partial charge in [-0.2, -0.15) is 11.8 Å². The van der Waals surface area contributed by atoms with Crippen LogP contribution in [0.5, 0.6) is 11.5 Å². The van der Waals surface area contributed by atoms with Crippen molar-refractivity contribution >= 4 is 17.5 Å². The Bertz CT molecular complexity index is 586. The van der Waals surface area contributed by atoms with E-state index in [9.17, 15) is 0 Å². The first-order chi connectivity index (χ1) is 12.1. The largest absolute Gasteiger partial charge is 0.490 e. The lowest BCUT2D eigenvalue weighted by atomic mass is 10.1. The molecule has 0 atom stereocenters. The molecular weight excluding hydrogens is 334 g/mol. The van der Waals surface area contributed by atoms with Crippen LogP contribution in [0.2, 0.25) is 0 Å². The van der Waals surface area contributed by atoms with Crippen molar-refractivity contribution in [3.63, 3.8) is 0 Å². The number of benzene rings is 1. The predicted molar refractivity (Wildman–Crippen MR) is 108 cm³/mol. The fraction of sp³-hybridized carbons (Fsp3) is 0.450. The van der Waals surface area contributed by atoms with Gasteiger partial charge in [-0.25, -0.2) is 0 Å². The van der Waals surface area contributed by atoms with Gasteiger partial charge in [0.05, 0.1) is 5.71 Å². The molecule has 138 valence electrons. The van der Waals surface area contributed by atoms with Gasteiger partial charge in [0.15, 0.2) is 0 Å². The Morgan fingerprint density at radius 1 is 1.08 bits per heavy atom. The molecule has 0 heterocycles. The number of hydrogen-bond acceptors (Lipinski definition) is 5. The second kappa shape index (κ2) is 12.5. The van der Waals surface area contributed by atoms with Crippen molar-refractivity contribution in [1.82, 2.24) is 0 Å². The molecule has 0 aliphatic carbocycles. The van der Waals surface area contributed by atoms with Crippen LogP contribution in [0.1, 0.15) is 25.0 Å². The number of oxime groups is 1. The molecule has 1 aromatic rings. The molecule has 0 saturated carbocycles. The highest BCUT2D eigenvalue weighted by Gasteiger charge is 2.06. The molecule has 0 unspecified atom stereocenters. The second-order valence-corrected chi connectivity index (χ2v) is 6.60. The first-order valence-electron chi connectivity index (χ1n) is 8.35. The number of ether oxygens (including phenoxy) is 2. The topological polar surface area (TPSA) is 40.0 Å². The van der Waals surface area contributed by atoms with Crippen molar-refractivity contribution in [3.8, 4) is 11.5 Å². The lowest BCUT2D eigenvalue weighted by Crippen LogP contribution is -2.00. The fourth-order valence-electron chi connectivity index (χ4n) is 2.19. The summed E-state index contributed by atoms with van der Waals surface area (Å²) in [7, 11) is 1.57. The summed E-state index contributed by atoms with van der Waals surface area (Å²) in [5, 5.41) is 3.88. The maximum absolute atomic E-state index is 5.91. The van der Waals surface area contributed by atoms with Gasteiger partial charge in [0, 0.05) is 11.5 Å². The number of hydrogen-bond donors (Lipinski definition) is 0. The number of allylic oxidation sites excluding steroid dienone is 1. The van der Waals surface area contributed by atoms with Crippen LogP contribution < -0.4 is 9.47 Å². The molecule has 0 saturated heterocycles. The number of thioether (sulfide) groups is 1. The molecular formula is C20H29NO3S. The van der Waals surface area contributed by atoms with Crippen molar-refractivity contribution in [1.29, 1.82) is 0 Å². The van der Waals surface area contributed by atoms with Gasteiger partial charge in [-0.05, 0) is 51.0 Å². The third kappa shape index (κ3) is 8.68. The Morgan fingerprint density at radius 3 is 2.40 bits per heavy atom. The van der Waals surface area contributed by atoms with Gasteiger partial charge in [0.1, 0.15) is 31.8 Å².